The van der Waals surface area contributed by atoms with Gasteiger partial charge in [-0.1, -0.05) is 20.3 Å². The van der Waals surface area contributed by atoms with Gasteiger partial charge in [0.15, 0.2) is 5.65 Å². The number of nitrogens with one attached hydrogen (secondary N) is 1. The van der Waals surface area contributed by atoms with Gasteiger partial charge in [0, 0.05) is 6.20 Å². The zero-order chi connectivity index (χ0) is 9.68. The molecule has 0 aliphatic carbocycles. The Kier molecular flexibility index (Phi) is 3.25. The lowest BCUT2D eigenvalue weighted by Gasteiger charge is -1.90. The number of H-pyrrole nitrogens is 1. The summed E-state index contributed by atoms with van der Waals surface area (Å²) in [6, 6.07) is 1.74. The maximum atomic E-state index is 5.59. The van der Waals surface area contributed by atoms with E-state index in [1.165, 1.54) is 6.42 Å². The van der Waals surface area contributed by atoms with Gasteiger partial charge in [0.1, 0.15) is 5.52 Å². The average Bonchev–Trinajstić information content (AvgIpc) is 2.54. The Labute approximate surface area is 77.2 Å². The molecule has 0 atom stereocenters. The van der Waals surface area contributed by atoms with Gasteiger partial charge in [0.05, 0.1) is 12.0 Å². The van der Waals surface area contributed by atoms with Crippen molar-refractivity contribution < 1.29 is 0 Å². The molecule has 13 heavy (non-hydrogen) atoms. The Bertz CT molecular complexity index is 366. The number of hydrogen-bond acceptors (Lipinski definition) is 3. The summed E-state index contributed by atoms with van der Waals surface area (Å²) in [6.07, 6.45) is 4.46. The number of nitrogens with two attached hydrogens (primary N) is 1. The molecule has 0 bridgehead atoms. The van der Waals surface area contributed by atoms with E-state index in [0.717, 1.165) is 5.52 Å². The monoisotopic (exact) mass is 178 g/mol. The molecular weight excluding hydrogens is 164 g/mol. The number of nitrogen functional groups attached to an aromatic ring is 1. The number of anilines is 1. The second-order valence-corrected chi connectivity index (χ2v) is 2.71. The first kappa shape index (κ1) is 9.51. The van der Waals surface area contributed by atoms with E-state index in [0.29, 0.717) is 11.3 Å². The van der Waals surface area contributed by atoms with E-state index in [1.54, 1.807) is 18.6 Å². The highest BCUT2D eigenvalue weighted by Crippen LogP contribution is 2.12. The molecule has 2 rings (SSSR count). The molecular formula is C9H14N4. The van der Waals surface area contributed by atoms with E-state index >= 15 is 0 Å². The molecule has 4 heteroatoms. The molecule has 0 spiro atoms. The zero-order valence-corrected chi connectivity index (χ0v) is 7.91. The van der Waals surface area contributed by atoms with Crippen molar-refractivity contribution in [2.45, 2.75) is 20.3 Å². The topological polar surface area (TPSA) is 67.6 Å². The second kappa shape index (κ2) is 4.45. The maximum Gasteiger partial charge on any atom is 0.179 e. The molecule has 0 unspecified atom stereocenters. The fourth-order valence-corrected chi connectivity index (χ4v) is 0.869. The molecule has 0 radical (unpaired) electrons. The molecule has 0 fully saturated rings. The summed E-state index contributed by atoms with van der Waals surface area (Å²) in [5, 5.41) is 0. The van der Waals surface area contributed by atoms with Gasteiger partial charge in [-0.05, 0) is 6.07 Å². The fourth-order valence-electron chi connectivity index (χ4n) is 0.869. The second-order valence-electron chi connectivity index (χ2n) is 2.71. The summed E-state index contributed by atoms with van der Waals surface area (Å²) >= 11 is 0. The van der Waals surface area contributed by atoms with Crippen molar-refractivity contribution in [2.75, 3.05) is 5.73 Å². The van der Waals surface area contributed by atoms with Crippen molar-refractivity contribution in [1.82, 2.24) is 15.0 Å². The van der Waals surface area contributed by atoms with Crippen LogP contribution in [0.5, 0.6) is 0 Å². The summed E-state index contributed by atoms with van der Waals surface area (Å²) in [6.45, 7) is 4.25. The molecule has 2 aromatic rings. The van der Waals surface area contributed by atoms with Crippen LogP contribution < -0.4 is 5.73 Å². The third-order valence-electron chi connectivity index (χ3n) is 1.36. The van der Waals surface area contributed by atoms with Gasteiger partial charge in [-0.2, -0.15) is 0 Å². The summed E-state index contributed by atoms with van der Waals surface area (Å²) in [5.74, 6) is 0. The molecule has 0 aromatic carbocycles. The molecule has 2 aromatic heterocycles. The van der Waals surface area contributed by atoms with Crippen molar-refractivity contribution in [3.05, 3.63) is 18.6 Å². The van der Waals surface area contributed by atoms with E-state index < -0.39 is 0 Å². The lowest BCUT2D eigenvalue weighted by Crippen LogP contribution is -1.86. The summed E-state index contributed by atoms with van der Waals surface area (Å²) in [5.41, 5.74) is 7.75. The van der Waals surface area contributed by atoms with Crippen LogP contribution in [0.15, 0.2) is 18.6 Å². The SMILES string of the molecule is CCC.Nc1ccnc2nc[nH]c12. The minimum Gasteiger partial charge on any atom is -0.397 e. The van der Waals surface area contributed by atoms with Gasteiger partial charge in [0.25, 0.3) is 0 Å². The molecule has 70 valence electrons. The third-order valence-corrected chi connectivity index (χ3v) is 1.36. The van der Waals surface area contributed by atoms with E-state index in [9.17, 15) is 0 Å². The van der Waals surface area contributed by atoms with E-state index in [-0.39, 0.29) is 0 Å². The molecule has 0 aliphatic heterocycles. The largest absolute Gasteiger partial charge is 0.397 e. The van der Waals surface area contributed by atoms with Crippen LogP contribution in [0.1, 0.15) is 20.3 Å². The molecule has 0 saturated carbocycles. The highest BCUT2D eigenvalue weighted by Gasteiger charge is 1.97. The molecule has 0 aliphatic rings. The summed E-state index contributed by atoms with van der Waals surface area (Å²) < 4.78 is 0. The highest BCUT2D eigenvalue weighted by molar-refractivity contribution is 5.82. The number of imidazole rings is 1. The Hall–Kier alpha value is -1.58. The summed E-state index contributed by atoms with van der Waals surface area (Å²) in [7, 11) is 0. The predicted molar refractivity (Wildman–Crippen MR) is 54.3 cm³/mol. The first-order chi connectivity index (χ1) is 6.29. The van der Waals surface area contributed by atoms with Gasteiger partial charge in [-0.25, -0.2) is 9.97 Å². The van der Waals surface area contributed by atoms with Crippen LogP contribution in [0.25, 0.3) is 11.2 Å². The quantitative estimate of drug-likeness (QED) is 0.648. The van der Waals surface area contributed by atoms with Gasteiger partial charge in [-0.15, -0.1) is 0 Å². The van der Waals surface area contributed by atoms with Crippen molar-refractivity contribution >= 4 is 16.9 Å². The van der Waals surface area contributed by atoms with Gasteiger partial charge < -0.3 is 10.7 Å². The number of hydrogen-bond donors (Lipinski definition) is 2. The van der Waals surface area contributed by atoms with Crippen molar-refractivity contribution in [3.8, 4) is 0 Å². The van der Waals surface area contributed by atoms with Gasteiger partial charge in [-0.3, -0.25) is 0 Å². The van der Waals surface area contributed by atoms with Crippen molar-refractivity contribution in [1.29, 1.82) is 0 Å². The normalized spacial score (nSPS) is 9.38. The lowest BCUT2D eigenvalue weighted by molar-refractivity contribution is 1.09. The number of pyridine rings is 1. The maximum absolute atomic E-state index is 5.59. The van der Waals surface area contributed by atoms with Crippen LogP contribution in [0.4, 0.5) is 5.69 Å². The van der Waals surface area contributed by atoms with Gasteiger partial charge >= 0.3 is 0 Å². The first-order valence-electron chi connectivity index (χ1n) is 4.33. The van der Waals surface area contributed by atoms with Crippen molar-refractivity contribution in [2.24, 2.45) is 0 Å². The minimum absolute atomic E-state index is 0.667. The molecule has 0 amide bonds. The number of rotatable bonds is 0. The van der Waals surface area contributed by atoms with E-state index in [1.807, 2.05) is 0 Å². The van der Waals surface area contributed by atoms with Crippen LogP contribution in [0.2, 0.25) is 0 Å². The number of aromatic nitrogens is 3. The lowest BCUT2D eigenvalue weighted by atomic mass is 10.4. The predicted octanol–water partition coefficient (Wildman–Crippen LogP) is 1.96. The molecule has 3 N–H and O–H groups in total. The Morgan fingerprint density at radius 1 is 1.38 bits per heavy atom. The van der Waals surface area contributed by atoms with Crippen LogP contribution in [-0.4, -0.2) is 15.0 Å². The standard InChI is InChI=1S/C6H6N4.C3H8/c7-4-1-2-8-6-5(4)9-3-10-6;1-3-2/h1-3H,(H3,7,8,9,10);3H2,1-2H3. The van der Waals surface area contributed by atoms with Crippen LogP contribution >= 0.6 is 0 Å². The van der Waals surface area contributed by atoms with Crippen LogP contribution in [0.3, 0.4) is 0 Å². The molecule has 4 nitrogen and oxygen atoms in total. The smallest absolute Gasteiger partial charge is 0.179 e. The Balaban J connectivity index is 0.000000251. The molecule has 0 saturated heterocycles. The van der Waals surface area contributed by atoms with Gasteiger partial charge in [0.2, 0.25) is 0 Å². The van der Waals surface area contributed by atoms with E-state index in [2.05, 4.69) is 28.8 Å². The average molecular weight is 178 g/mol. The number of nitrogens with zero attached hydrogens (tertiary/aromatic N) is 2. The van der Waals surface area contributed by atoms with Crippen LogP contribution in [0, 0.1) is 0 Å². The minimum atomic E-state index is 0.667. The third kappa shape index (κ3) is 2.18. The molecule has 2 heterocycles. The van der Waals surface area contributed by atoms with Crippen LogP contribution in [-0.2, 0) is 0 Å². The summed E-state index contributed by atoms with van der Waals surface area (Å²) in [4.78, 5) is 10.8. The first-order valence-corrected chi connectivity index (χ1v) is 4.33. The zero-order valence-electron chi connectivity index (χ0n) is 7.91. The number of aromatic amines is 1. The highest BCUT2D eigenvalue weighted by atomic mass is 15.0. The van der Waals surface area contributed by atoms with Crippen molar-refractivity contribution in [3.63, 3.8) is 0 Å². The Morgan fingerprint density at radius 2 is 2.08 bits per heavy atom. The Morgan fingerprint density at radius 3 is 2.69 bits per heavy atom. The number of fused-ring (bicyclic) bond motifs is 1. The van der Waals surface area contributed by atoms with E-state index in [4.69, 9.17) is 5.73 Å². The fraction of sp³-hybridized carbons (Fsp3) is 0.333.